The molecule has 1 amide bonds. The molecule has 1 aliphatic heterocycles. The molecule has 1 aliphatic carbocycles. The molecule has 202 valence electrons. The van der Waals surface area contributed by atoms with Crippen molar-refractivity contribution in [2.24, 2.45) is 0 Å². The average molecular weight is 544 g/mol. The summed E-state index contributed by atoms with van der Waals surface area (Å²) in [6.07, 6.45) is 5.02. The summed E-state index contributed by atoms with van der Waals surface area (Å²) in [6.45, 7) is 6.87. The Morgan fingerprint density at radius 3 is 2.67 bits per heavy atom. The minimum atomic E-state index is -1.37. The molecule has 1 unspecified atom stereocenters. The zero-order valence-corrected chi connectivity index (χ0v) is 23.6. The number of nitriles is 1. The van der Waals surface area contributed by atoms with Crippen LogP contribution in [0.2, 0.25) is 0 Å². The summed E-state index contributed by atoms with van der Waals surface area (Å²) in [6, 6.07) is 16.6. The van der Waals surface area contributed by atoms with Gasteiger partial charge in [0.05, 0.1) is 24.2 Å². The Labute approximate surface area is 232 Å². The van der Waals surface area contributed by atoms with Gasteiger partial charge in [0.2, 0.25) is 0 Å². The normalized spacial score (nSPS) is 18.3. The number of ether oxygens (including phenoxy) is 1. The van der Waals surface area contributed by atoms with E-state index in [0.717, 1.165) is 29.9 Å². The predicted octanol–water partition coefficient (Wildman–Crippen LogP) is 5.19. The fourth-order valence-corrected chi connectivity index (χ4v) is 5.76. The van der Waals surface area contributed by atoms with E-state index >= 15 is 0 Å². The molecule has 1 aromatic heterocycles. The van der Waals surface area contributed by atoms with Crippen LogP contribution in [0.15, 0.2) is 47.6 Å². The Bertz CT molecular complexity index is 1470. The smallest absolute Gasteiger partial charge is 0.410 e. The van der Waals surface area contributed by atoms with Crippen molar-refractivity contribution in [3.63, 3.8) is 0 Å². The minimum Gasteiger partial charge on any atom is -0.609 e. The maximum Gasteiger partial charge on any atom is 0.410 e. The number of aromatic nitrogens is 2. The summed E-state index contributed by atoms with van der Waals surface area (Å²) in [4.78, 5) is 26.1. The van der Waals surface area contributed by atoms with Gasteiger partial charge in [0, 0.05) is 36.4 Å². The van der Waals surface area contributed by atoms with Crippen LogP contribution in [0.25, 0.3) is 22.4 Å². The lowest BCUT2D eigenvalue weighted by Crippen LogP contribution is -2.56. The van der Waals surface area contributed by atoms with Crippen molar-refractivity contribution in [1.82, 2.24) is 14.9 Å². The highest BCUT2D eigenvalue weighted by atomic mass is 32.2. The highest BCUT2D eigenvalue weighted by molar-refractivity contribution is 7.90. The van der Waals surface area contributed by atoms with Gasteiger partial charge in [-0.05, 0) is 61.6 Å². The first-order chi connectivity index (χ1) is 18.6. The van der Waals surface area contributed by atoms with Crippen molar-refractivity contribution in [3.8, 4) is 6.07 Å². The van der Waals surface area contributed by atoms with Crippen molar-refractivity contribution in [2.75, 3.05) is 30.8 Å². The first kappa shape index (κ1) is 27.0. The van der Waals surface area contributed by atoms with Gasteiger partial charge in [0.1, 0.15) is 17.7 Å². The lowest BCUT2D eigenvalue weighted by Gasteiger charge is -2.42. The molecular weight excluding hydrogens is 510 g/mol. The highest BCUT2D eigenvalue weighted by Crippen LogP contribution is 2.37. The molecule has 0 spiro atoms. The largest absolute Gasteiger partial charge is 0.609 e. The Hall–Kier alpha value is -3.61. The lowest BCUT2D eigenvalue weighted by molar-refractivity contribution is 0.0144. The van der Waals surface area contributed by atoms with Crippen LogP contribution in [-0.2, 0) is 22.3 Å². The molecule has 0 N–H and O–H groups in total. The molecule has 2 atom stereocenters. The van der Waals surface area contributed by atoms with E-state index < -0.39 is 22.9 Å². The number of anilines is 1. The second-order valence-electron chi connectivity index (χ2n) is 11.0. The van der Waals surface area contributed by atoms with Crippen molar-refractivity contribution >= 4 is 45.5 Å². The highest BCUT2D eigenvalue weighted by Gasteiger charge is 2.35. The third-order valence-corrected chi connectivity index (χ3v) is 7.78. The second-order valence-corrected chi connectivity index (χ2v) is 12.3. The van der Waals surface area contributed by atoms with E-state index in [2.05, 4.69) is 53.4 Å². The zero-order valence-electron chi connectivity index (χ0n) is 22.8. The summed E-state index contributed by atoms with van der Waals surface area (Å²) >= 11 is -1.37. The van der Waals surface area contributed by atoms with Gasteiger partial charge in [-0.3, -0.25) is 0 Å². The van der Waals surface area contributed by atoms with Crippen LogP contribution in [-0.4, -0.2) is 63.0 Å². The number of rotatable bonds is 4. The monoisotopic (exact) mass is 543 g/mol. The molecule has 8 nitrogen and oxygen atoms in total. The van der Waals surface area contributed by atoms with Crippen molar-refractivity contribution < 1.29 is 14.1 Å². The van der Waals surface area contributed by atoms with E-state index in [9.17, 15) is 14.6 Å². The third kappa shape index (κ3) is 5.72. The van der Waals surface area contributed by atoms with Gasteiger partial charge >= 0.3 is 11.2 Å². The molecular formula is C30H33N5O3S. The van der Waals surface area contributed by atoms with E-state index in [1.807, 2.05) is 26.8 Å². The van der Waals surface area contributed by atoms with Gasteiger partial charge in [-0.1, -0.05) is 42.5 Å². The molecule has 3 aromatic rings. The third-order valence-electron chi connectivity index (χ3n) is 7.08. The Kier molecular flexibility index (Phi) is 7.52. The number of carbonyl (C=O) groups excluding carboxylic acids is 1. The van der Waals surface area contributed by atoms with E-state index in [4.69, 9.17) is 14.7 Å². The summed E-state index contributed by atoms with van der Waals surface area (Å²) in [5.41, 5.74) is 3.54. The zero-order chi connectivity index (χ0) is 27.7. The molecule has 2 aromatic carbocycles. The molecule has 39 heavy (non-hydrogen) atoms. The maximum atomic E-state index is 12.9. The van der Waals surface area contributed by atoms with Crippen LogP contribution >= 0.6 is 0 Å². The second kappa shape index (κ2) is 10.9. The fourth-order valence-electron chi connectivity index (χ4n) is 5.32. The predicted molar refractivity (Wildman–Crippen MR) is 154 cm³/mol. The van der Waals surface area contributed by atoms with Gasteiger partial charge in [0.25, 0.3) is 0 Å². The van der Waals surface area contributed by atoms with Gasteiger partial charge in [-0.15, -0.1) is 0 Å². The Balaban J connectivity index is 1.50. The molecule has 2 aliphatic rings. The van der Waals surface area contributed by atoms with E-state index in [-0.39, 0.29) is 17.6 Å². The number of benzene rings is 2. The Morgan fingerprint density at radius 2 is 1.92 bits per heavy atom. The van der Waals surface area contributed by atoms with Gasteiger partial charge < -0.3 is 19.1 Å². The van der Waals surface area contributed by atoms with Crippen LogP contribution in [0.5, 0.6) is 0 Å². The molecule has 0 radical (unpaired) electrons. The van der Waals surface area contributed by atoms with Crippen molar-refractivity contribution in [2.45, 2.75) is 56.8 Å². The Morgan fingerprint density at radius 1 is 1.15 bits per heavy atom. The molecule has 5 rings (SSSR count). The topological polar surface area (TPSA) is 105 Å². The van der Waals surface area contributed by atoms with E-state index in [1.165, 1.54) is 21.9 Å². The van der Waals surface area contributed by atoms with Crippen LogP contribution in [0.1, 0.15) is 50.4 Å². The molecule has 1 saturated heterocycles. The number of fused-ring (bicyclic) bond motifs is 2. The van der Waals surface area contributed by atoms with E-state index in [0.29, 0.717) is 19.6 Å². The van der Waals surface area contributed by atoms with E-state index in [1.54, 1.807) is 11.2 Å². The number of hydrogen-bond acceptors (Lipinski definition) is 7. The van der Waals surface area contributed by atoms with Gasteiger partial charge in [-0.25, -0.2) is 4.79 Å². The summed E-state index contributed by atoms with van der Waals surface area (Å²) in [5, 5.41) is 12.2. The molecule has 9 heteroatoms. The maximum absolute atomic E-state index is 12.9. The fraction of sp³-hybridized carbons (Fsp3) is 0.400. The first-order valence-electron chi connectivity index (χ1n) is 13.2. The van der Waals surface area contributed by atoms with Crippen LogP contribution in [0.4, 0.5) is 10.6 Å². The van der Waals surface area contributed by atoms with Gasteiger partial charge in [0.15, 0.2) is 0 Å². The molecule has 0 saturated carbocycles. The first-order valence-corrected chi connectivity index (χ1v) is 14.7. The number of piperazine rings is 1. The summed E-state index contributed by atoms with van der Waals surface area (Å²) in [7, 11) is 0. The summed E-state index contributed by atoms with van der Waals surface area (Å²) in [5.74, 6) is 0.741. The number of amides is 1. The standard InChI is InChI=1S/C30H33N5O3S/c1-30(2,3)38-29(36)35-17-16-34(19-22(35)14-15-31)27-25-13-12-21(18-26(25)32-28(33-27)39(4)37)24-11-7-9-20-8-5-6-10-23(20)24/h5-11,18,22H,12-14,16-17,19H2,1-4H3/t22-,39?/m0/s1. The SMILES string of the molecule is C[S+]([O-])c1nc2c(c(N3CCN(C(=O)OC(C)(C)C)[C@@H](CC#N)C3)n1)CCC(c1cccc3ccccc13)=C2. The number of carbonyl (C=O) groups is 1. The number of hydrogen-bond donors (Lipinski definition) is 0. The van der Waals surface area contributed by atoms with Crippen LogP contribution < -0.4 is 4.90 Å². The van der Waals surface area contributed by atoms with Crippen molar-refractivity contribution in [1.29, 1.82) is 5.26 Å². The number of allylic oxidation sites excluding steroid dienone is 1. The quantitative estimate of drug-likeness (QED) is 0.329. The average Bonchev–Trinajstić information content (AvgIpc) is 2.91. The lowest BCUT2D eigenvalue weighted by atomic mass is 9.88. The molecule has 2 heterocycles. The van der Waals surface area contributed by atoms with Crippen molar-refractivity contribution in [3.05, 3.63) is 59.3 Å². The van der Waals surface area contributed by atoms with Crippen LogP contribution in [0, 0.1) is 11.3 Å². The molecule has 0 bridgehead atoms. The molecule has 1 fully saturated rings. The number of nitrogens with zero attached hydrogens (tertiary/aromatic N) is 5. The van der Waals surface area contributed by atoms with Gasteiger partial charge in [-0.2, -0.15) is 15.2 Å². The minimum absolute atomic E-state index is 0.181. The van der Waals surface area contributed by atoms with Crippen LogP contribution in [0.3, 0.4) is 0 Å². The summed E-state index contributed by atoms with van der Waals surface area (Å²) < 4.78 is 18.2.